The van der Waals surface area contributed by atoms with Gasteiger partial charge in [-0.1, -0.05) is 0 Å². The predicted molar refractivity (Wildman–Crippen MR) is 68.6 cm³/mol. The number of nitrogens with two attached hydrogens (primary N) is 1. The van der Waals surface area contributed by atoms with Crippen molar-refractivity contribution in [3.05, 3.63) is 0 Å². The number of piperidine rings is 1. The first-order chi connectivity index (χ1) is 6.70. The van der Waals surface area contributed by atoms with Gasteiger partial charge < -0.3 is 10.6 Å². The van der Waals surface area contributed by atoms with Gasteiger partial charge in [0.1, 0.15) is 0 Å². The molecule has 2 atom stereocenters. The Kier molecular flexibility index (Phi) is 7.40. The molecule has 5 heteroatoms. The second-order valence-electron chi connectivity index (χ2n) is 3.79. The fraction of sp³-hybridized carbons (Fsp3) is 0.900. The quantitative estimate of drug-likeness (QED) is 0.828. The lowest BCUT2D eigenvalue weighted by Crippen LogP contribution is -2.49. The third-order valence-electron chi connectivity index (χ3n) is 2.88. The SMILES string of the molecule is CSC(C)C(=O)N1CCCCC1CN.Cl. The molecule has 1 aliphatic rings. The maximum absolute atomic E-state index is 11.9. The molecule has 0 saturated carbocycles. The van der Waals surface area contributed by atoms with Crippen LogP contribution in [-0.2, 0) is 4.79 Å². The highest BCUT2D eigenvalue weighted by molar-refractivity contribution is 7.99. The molecule has 1 aliphatic heterocycles. The Bertz CT molecular complexity index is 204. The molecule has 1 amide bonds. The van der Waals surface area contributed by atoms with Crippen molar-refractivity contribution >= 4 is 30.1 Å². The van der Waals surface area contributed by atoms with Crippen LogP contribution in [0.25, 0.3) is 0 Å². The molecular formula is C10H21ClN2OS. The number of nitrogens with zero attached hydrogens (tertiary/aromatic N) is 1. The van der Waals surface area contributed by atoms with Crippen molar-refractivity contribution in [2.24, 2.45) is 5.73 Å². The number of likely N-dealkylation sites (tertiary alicyclic amines) is 1. The molecule has 1 fully saturated rings. The normalized spacial score (nSPS) is 23.1. The highest BCUT2D eigenvalue weighted by atomic mass is 35.5. The van der Waals surface area contributed by atoms with E-state index >= 15 is 0 Å². The van der Waals surface area contributed by atoms with Crippen molar-refractivity contribution in [3.8, 4) is 0 Å². The summed E-state index contributed by atoms with van der Waals surface area (Å²) in [6, 6.07) is 0.283. The standard InChI is InChI=1S/C10H20N2OS.ClH/c1-8(14-2)10(13)12-6-4-3-5-9(12)7-11;/h8-9H,3-7,11H2,1-2H3;1H. The van der Waals surface area contributed by atoms with E-state index in [-0.39, 0.29) is 29.6 Å². The summed E-state index contributed by atoms with van der Waals surface area (Å²) in [6.45, 7) is 3.47. The zero-order valence-corrected chi connectivity index (χ0v) is 11.1. The maximum atomic E-state index is 11.9. The lowest BCUT2D eigenvalue weighted by atomic mass is 10.0. The number of hydrogen-bond donors (Lipinski definition) is 1. The van der Waals surface area contributed by atoms with Crippen LogP contribution < -0.4 is 5.73 Å². The van der Waals surface area contributed by atoms with Gasteiger partial charge in [0.2, 0.25) is 5.91 Å². The Balaban J connectivity index is 0.00000196. The molecule has 1 saturated heterocycles. The van der Waals surface area contributed by atoms with Crippen LogP contribution in [0, 0.1) is 0 Å². The van der Waals surface area contributed by atoms with Crippen molar-refractivity contribution < 1.29 is 4.79 Å². The minimum Gasteiger partial charge on any atom is -0.337 e. The van der Waals surface area contributed by atoms with Crippen LogP contribution in [0.3, 0.4) is 0 Å². The van der Waals surface area contributed by atoms with Crippen molar-refractivity contribution in [2.45, 2.75) is 37.5 Å². The van der Waals surface area contributed by atoms with Crippen LogP contribution >= 0.6 is 24.2 Å². The first-order valence-corrected chi connectivity index (χ1v) is 6.52. The van der Waals surface area contributed by atoms with Gasteiger partial charge in [-0.05, 0) is 32.4 Å². The van der Waals surface area contributed by atoms with E-state index in [0.29, 0.717) is 6.54 Å². The minimum absolute atomic E-state index is 0. The number of amides is 1. The number of carbonyl (C=O) groups excluding carboxylic acids is 1. The largest absolute Gasteiger partial charge is 0.337 e. The van der Waals surface area contributed by atoms with Gasteiger partial charge in [0.25, 0.3) is 0 Å². The highest BCUT2D eigenvalue weighted by Crippen LogP contribution is 2.19. The molecule has 15 heavy (non-hydrogen) atoms. The van der Waals surface area contributed by atoms with E-state index in [1.165, 1.54) is 6.42 Å². The van der Waals surface area contributed by atoms with Crippen LogP contribution in [0.4, 0.5) is 0 Å². The molecule has 0 aliphatic carbocycles. The first-order valence-electron chi connectivity index (χ1n) is 5.24. The van der Waals surface area contributed by atoms with Crippen LogP contribution in [0.2, 0.25) is 0 Å². The summed E-state index contributed by atoms with van der Waals surface area (Å²) in [5.41, 5.74) is 5.67. The van der Waals surface area contributed by atoms with Gasteiger partial charge in [0.15, 0.2) is 0 Å². The number of rotatable bonds is 3. The van der Waals surface area contributed by atoms with E-state index < -0.39 is 0 Å². The van der Waals surface area contributed by atoms with Crippen LogP contribution in [-0.4, -0.2) is 41.4 Å². The van der Waals surface area contributed by atoms with Crippen molar-refractivity contribution in [2.75, 3.05) is 19.3 Å². The number of thioether (sulfide) groups is 1. The van der Waals surface area contributed by atoms with Crippen molar-refractivity contribution in [1.29, 1.82) is 0 Å². The Morgan fingerprint density at radius 2 is 2.27 bits per heavy atom. The molecule has 90 valence electrons. The molecule has 0 spiro atoms. The summed E-state index contributed by atoms with van der Waals surface area (Å²) in [7, 11) is 0. The Morgan fingerprint density at radius 1 is 1.60 bits per heavy atom. The lowest BCUT2D eigenvalue weighted by Gasteiger charge is -2.36. The fourth-order valence-electron chi connectivity index (χ4n) is 1.87. The summed E-state index contributed by atoms with van der Waals surface area (Å²) in [5.74, 6) is 0.257. The Labute approximate surface area is 103 Å². The molecule has 2 unspecified atom stereocenters. The van der Waals surface area contributed by atoms with E-state index in [4.69, 9.17) is 5.73 Å². The molecule has 2 N–H and O–H groups in total. The number of hydrogen-bond acceptors (Lipinski definition) is 3. The second-order valence-corrected chi connectivity index (χ2v) is 4.97. The lowest BCUT2D eigenvalue weighted by molar-refractivity contribution is -0.133. The topological polar surface area (TPSA) is 46.3 Å². The summed E-state index contributed by atoms with van der Waals surface area (Å²) in [4.78, 5) is 13.9. The summed E-state index contributed by atoms with van der Waals surface area (Å²) in [6.07, 6.45) is 5.38. The van der Waals surface area contributed by atoms with E-state index in [0.717, 1.165) is 19.4 Å². The monoisotopic (exact) mass is 252 g/mol. The molecule has 0 radical (unpaired) electrons. The van der Waals surface area contributed by atoms with Gasteiger partial charge in [-0.15, -0.1) is 12.4 Å². The number of carbonyl (C=O) groups is 1. The Morgan fingerprint density at radius 3 is 2.80 bits per heavy atom. The van der Waals surface area contributed by atoms with Crippen LogP contribution in [0.1, 0.15) is 26.2 Å². The molecule has 0 aromatic rings. The minimum atomic E-state index is 0. The van der Waals surface area contributed by atoms with E-state index in [9.17, 15) is 4.79 Å². The van der Waals surface area contributed by atoms with Gasteiger partial charge in [0.05, 0.1) is 5.25 Å². The molecule has 1 heterocycles. The van der Waals surface area contributed by atoms with Gasteiger partial charge in [-0.25, -0.2) is 0 Å². The summed E-state index contributed by atoms with van der Waals surface area (Å²) >= 11 is 1.61. The average molecular weight is 253 g/mol. The van der Waals surface area contributed by atoms with E-state index in [1.54, 1.807) is 11.8 Å². The molecular weight excluding hydrogens is 232 g/mol. The fourth-order valence-corrected chi connectivity index (χ4v) is 2.21. The van der Waals surface area contributed by atoms with E-state index in [1.807, 2.05) is 18.1 Å². The predicted octanol–water partition coefficient (Wildman–Crippen LogP) is 1.50. The van der Waals surface area contributed by atoms with Crippen molar-refractivity contribution in [1.82, 2.24) is 4.90 Å². The average Bonchev–Trinajstić information content (AvgIpc) is 2.26. The van der Waals surface area contributed by atoms with Gasteiger partial charge in [0, 0.05) is 19.1 Å². The molecule has 0 bridgehead atoms. The molecule has 1 rings (SSSR count). The number of halogens is 1. The zero-order valence-electron chi connectivity index (χ0n) is 9.44. The van der Waals surface area contributed by atoms with Crippen LogP contribution in [0.5, 0.6) is 0 Å². The third-order valence-corrected chi connectivity index (χ3v) is 3.79. The summed E-state index contributed by atoms with van der Waals surface area (Å²) in [5, 5.41) is 0.0714. The Hall–Kier alpha value is 0.0700. The second kappa shape index (κ2) is 7.36. The van der Waals surface area contributed by atoms with Crippen LogP contribution in [0.15, 0.2) is 0 Å². The zero-order chi connectivity index (χ0) is 10.6. The molecule has 0 aromatic carbocycles. The first kappa shape index (κ1) is 15.1. The van der Waals surface area contributed by atoms with Gasteiger partial charge in [-0.3, -0.25) is 4.79 Å². The van der Waals surface area contributed by atoms with Crippen molar-refractivity contribution in [3.63, 3.8) is 0 Å². The highest BCUT2D eigenvalue weighted by Gasteiger charge is 2.28. The van der Waals surface area contributed by atoms with Gasteiger partial charge >= 0.3 is 0 Å². The smallest absolute Gasteiger partial charge is 0.235 e. The van der Waals surface area contributed by atoms with E-state index in [2.05, 4.69) is 0 Å². The molecule has 3 nitrogen and oxygen atoms in total. The maximum Gasteiger partial charge on any atom is 0.235 e. The summed E-state index contributed by atoms with van der Waals surface area (Å²) < 4.78 is 0. The molecule has 0 aromatic heterocycles. The third kappa shape index (κ3) is 3.85. The van der Waals surface area contributed by atoms with Gasteiger partial charge in [-0.2, -0.15) is 11.8 Å².